The first-order valence-electron chi connectivity index (χ1n) is 9.89. The summed E-state index contributed by atoms with van der Waals surface area (Å²) in [6.45, 7) is 8.76. The van der Waals surface area contributed by atoms with Gasteiger partial charge in [-0.15, -0.1) is 0 Å². The van der Waals surface area contributed by atoms with Gasteiger partial charge in [-0.1, -0.05) is 32.4 Å². The first-order valence-corrected chi connectivity index (χ1v) is 9.89. The van der Waals surface area contributed by atoms with Crippen LogP contribution in [0.15, 0.2) is 36.5 Å². The molecule has 1 aromatic heterocycles. The van der Waals surface area contributed by atoms with Gasteiger partial charge in [0.15, 0.2) is 11.5 Å². The molecule has 0 atom stereocenters. The van der Waals surface area contributed by atoms with Crippen LogP contribution in [0.5, 0.6) is 11.5 Å². The van der Waals surface area contributed by atoms with Crippen LogP contribution in [0.1, 0.15) is 44.2 Å². The zero-order chi connectivity index (χ0) is 18.7. The molecule has 5 heteroatoms. The number of rotatable bonds is 5. The predicted molar refractivity (Wildman–Crippen MR) is 107 cm³/mol. The Kier molecular flexibility index (Phi) is 5.21. The molecule has 0 amide bonds. The summed E-state index contributed by atoms with van der Waals surface area (Å²) in [5.41, 5.74) is 2.74. The van der Waals surface area contributed by atoms with Crippen molar-refractivity contribution >= 4 is 5.82 Å². The summed E-state index contributed by atoms with van der Waals surface area (Å²) in [5.74, 6) is 2.80. The number of anilines is 1. The third-order valence-electron chi connectivity index (χ3n) is 5.41. The second-order valence-electron chi connectivity index (χ2n) is 8.32. The third-order valence-corrected chi connectivity index (χ3v) is 5.41. The molecule has 0 spiro atoms. The van der Waals surface area contributed by atoms with Crippen molar-refractivity contribution in [3.05, 3.63) is 47.7 Å². The van der Waals surface area contributed by atoms with Gasteiger partial charge < -0.3 is 19.7 Å². The van der Waals surface area contributed by atoms with Crippen LogP contribution >= 0.6 is 0 Å². The fourth-order valence-electron chi connectivity index (χ4n) is 3.99. The SMILES string of the molecule is CC1(C)CCCCN(c2cc(CNCc3cccc4c3OCO4)ccn2)C1. The van der Waals surface area contributed by atoms with E-state index in [4.69, 9.17) is 9.47 Å². The fraction of sp³-hybridized carbons (Fsp3) is 0.500. The number of hydrogen-bond donors (Lipinski definition) is 1. The quantitative estimate of drug-likeness (QED) is 0.861. The summed E-state index contributed by atoms with van der Waals surface area (Å²) in [6, 6.07) is 10.4. The lowest BCUT2D eigenvalue weighted by Crippen LogP contribution is -2.33. The lowest BCUT2D eigenvalue weighted by molar-refractivity contribution is 0.173. The van der Waals surface area contributed by atoms with Gasteiger partial charge in [0.2, 0.25) is 6.79 Å². The topological polar surface area (TPSA) is 46.6 Å². The first kappa shape index (κ1) is 18.1. The Morgan fingerprint density at radius 1 is 1.15 bits per heavy atom. The molecule has 3 heterocycles. The molecule has 2 aliphatic rings. The van der Waals surface area contributed by atoms with Crippen LogP contribution < -0.4 is 19.7 Å². The third kappa shape index (κ3) is 4.35. The summed E-state index contributed by atoms with van der Waals surface area (Å²) >= 11 is 0. The molecule has 0 unspecified atom stereocenters. The minimum atomic E-state index is 0.312. The van der Waals surface area contributed by atoms with E-state index in [0.717, 1.165) is 49.1 Å². The molecule has 1 N–H and O–H groups in total. The molecule has 0 saturated carbocycles. The molecule has 1 saturated heterocycles. The molecule has 0 radical (unpaired) electrons. The summed E-state index contributed by atoms with van der Waals surface area (Å²) in [4.78, 5) is 7.10. The van der Waals surface area contributed by atoms with Crippen molar-refractivity contribution in [3.8, 4) is 11.5 Å². The van der Waals surface area contributed by atoms with Crippen LogP contribution in [0, 0.1) is 5.41 Å². The van der Waals surface area contributed by atoms with E-state index in [-0.39, 0.29) is 0 Å². The molecular formula is C22H29N3O2. The Morgan fingerprint density at radius 3 is 3.00 bits per heavy atom. The summed E-state index contributed by atoms with van der Waals surface area (Å²) in [6.07, 6.45) is 5.77. The smallest absolute Gasteiger partial charge is 0.231 e. The van der Waals surface area contributed by atoms with Crippen LogP contribution in [0.25, 0.3) is 0 Å². The van der Waals surface area contributed by atoms with Crippen LogP contribution in [-0.4, -0.2) is 24.9 Å². The Labute approximate surface area is 161 Å². The van der Waals surface area contributed by atoms with Crippen molar-refractivity contribution in [1.29, 1.82) is 0 Å². The van der Waals surface area contributed by atoms with Gasteiger partial charge in [-0.2, -0.15) is 0 Å². The number of hydrogen-bond acceptors (Lipinski definition) is 5. The normalized spacial score (nSPS) is 18.4. The molecule has 2 aromatic rings. The molecule has 0 aliphatic carbocycles. The number of fused-ring (bicyclic) bond motifs is 1. The van der Waals surface area contributed by atoms with Crippen molar-refractivity contribution in [2.24, 2.45) is 5.41 Å². The number of aromatic nitrogens is 1. The molecule has 27 heavy (non-hydrogen) atoms. The molecular weight excluding hydrogens is 338 g/mol. The van der Waals surface area contributed by atoms with Crippen molar-refractivity contribution in [3.63, 3.8) is 0 Å². The Bertz CT molecular complexity index is 791. The van der Waals surface area contributed by atoms with Gasteiger partial charge in [-0.3, -0.25) is 0 Å². The minimum Gasteiger partial charge on any atom is -0.454 e. The van der Waals surface area contributed by atoms with Gasteiger partial charge in [-0.25, -0.2) is 4.98 Å². The van der Waals surface area contributed by atoms with E-state index in [1.165, 1.54) is 24.8 Å². The standard InChI is InChI=1S/C22H29N3O2/c1-22(2)9-3-4-11-25(15-22)20-12-17(8-10-24-20)13-23-14-18-6-5-7-19-21(18)27-16-26-19/h5-8,10,12,23H,3-4,9,11,13-16H2,1-2H3. The highest BCUT2D eigenvalue weighted by atomic mass is 16.7. The van der Waals surface area contributed by atoms with Crippen LogP contribution in [0.2, 0.25) is 0 Å². The largest absolute Gasteiger partial charge is 0.454 e. The summed E-state index contributed by atoms with van der Waals surface area (Å²) in [7, 11) is 0. The Hall–Kier alpha value is -2.27. The average Bonchev–Trinajstić information content (AvgIpc) is 3.06. The van der Waals surface area contributed by atoms with E-state index < -0.39 is 0 Å². The molecule has 4 rings (SSSR count). The van der Waals surface area contributed by atoms with Gasteiger partial charge in [0.1, 0.15) is 5.82 Å². The minimum absolute atomic E-state index is 0.312. The average molecular weight is 367 g/mol. The summed E-state index contributed by atoms with van der Waals surface area (Å²) < 4.78 is 11.0. The van der Waals surface area contributed by atoms with Crippen molar-refractivity contribution in [1.82, 2.24) is 10.3 Å². The number of ether oxygens (including phenoxy) is 2. The van der Waals surface area contributed by atoms with Crippen LogP contribution in [0.4, 0.5) is 5.82 Å². The second kappa shape index (κ2) is 7.77. The highest BCUT2D eigenvalue weighted by Gasteiger charge is 2.25. The predicted octanol–water partition coefficient (Wildman–Crippen LogP) is 4.12. The molecule has 2 aliphatic heterocycles. The van der Waals surface area contributed by atoms with E-state index in [0.29, 0.717) is 12.2 Å². The Balaban J connectivity index is 1.39. The van der Waals surface area contributed by atoms with E-state index in [1.807, 2.05) is 18.3 Å². The monoisotopic (exact) mass is 367 g/mol. The number of benzene rings is 1. The molecule has 1 fully saturated rings. The van der Waals surface area contributed by atoms with Gasteiger partial charge in [0.05, 0.1) is 0 Å². The maximum atomic E-state index is 5.58. The number of para-hydroxylation sites is 1. The molecule has 144 valence electrons. The summed E-state index contributed by atoms with van der Waals surface area (Å²) in [5, 5.41) is 3.52. The highest BCUT2D eigenvalue weighted by molar-refractivity contribution is 5.48. The van der Waals surface area contributed by atoms with Crippen LogP contribution in [-0.2, 0) is 13.1 Å². The lowest BCUT2D eigenvalue weighted by atomic mass is 9.88. The van der Waals surface area contributed by atoms with Crippen LogP contribution in [0.3, 0.4) is 0 Å². The maximum Gasteiger partial charge on any atom is 0.231 e. The number of pyridine rings is 1. The fourth-order valence-corrected chi connectivity index (χ4v) is 3.99. The van der Waals surface area contributed by atoms with E-state index in [2.05, 4.69) is 47.2 Å². The maximum absolute atomic E-state index is 5.58. The second-order valence-corrected chi connectivity index (χ2v) is 8.32. The van der Waals surface area contributed by atoms with Gasteiger partial charge in [-0.05, 0) is 42.0 Å². The first-order chi connectivity index (χ1) is 13.1. The highest BCUT2D eigenvalue weighted by Crippen LogP contribution is 2.35. The lowest BCUT2D eigenvalue weighted by Gasteiger charge is -2.30. The molecule has 0 bridgehead atoms. The van der Waals surface area contributed by atoms with Gasteiger partial charge in [0, 0.05) is 37.9 Å². The van der Waals surface area contributed by atoms with E-state index in [1.54, 1.807) is 0 Å². The Morgan fingerprint density at radius 2 is 2.07 bits per heavy atom. The van der Waals surface area contributed by atoms with Crippen molar-refractivity contribution < 1.29 is 9.47 Å². The van der Waals surface area contributed by atoms with Crippen molar-refractivity contribution in [2.75, 3.05) is 24.8 Å². The van der Waals surface area contributed by atoms with E-state index >= 15 is 0 Å². The number of nitrogens with zero attached hydrogens (tertiary/aromatic N) is 2. The van der Waals surface area contributed by atoms with E-state index in [9.17, 15) is 0 Å². The van der Waals surface area contributed by atoms with Crippen molar-refractivity contribution in [2.45, 2.75) is 46.2 Å². The molecule has 5 nitrogen and oxygen atoms in total. The number of nitrogens with one attached hydrogen (secondary N) is 1. The molecule has 1 aromatic carbocycles. The zero-order valence-electron chi connectivity index (χ0n) is 16.3. The zero-order valence-corrected chi connectivity index (χ0v) is 16.3. The van der Waals surface area contributed by atoms with Gasteiger partial charge in [0.25, 0.3) is 0 Å². The van der Waals surface area contributed by atoms with Gasteiger partial charge >= 0.3 is 0 Å².